The van der Waals surface area contributed by atoms with Gasteiger partial charge in [-0.2, -0.15) is 0 Å². The standard InChI is InChI=1S/C7H12O11P2/c8-4(9)3-7(6(11)12,20(15,16)17)2-1-5(10)18-19(13)14/h19H,1-3H2,(H,8,9)(H,11,12)(H,13,14)(H2,15,16,17). The fourth-order valence-corrected chi connectivity index (χ4v) is 2.64. The third-order valence-corrected chi connectivity index (χ3v) is 4.43. The van der Waals surface area contributed by atoms with Crippen molar-refractivity contribution in [3.63, 3.8) is 0 Å². The minimum absolute atomic E-state index is 0.943. The molecule has 0 aliphatic carbocycles. The molecule has 0 aromatic rings. The van der Waals surface area contributed by atoms with Crippen molar-refractivity contribution in [3.05, 3.63) is 0 Å². The van der Waals surface area contributed by atoms with Gasteiger partial charge in [-0.25, -0.2) is 4.57 Å². The second kappa shape index (κ2) is 6.96. The Hall–Kier alpha value is -1.25. The van der Waals surface area contributed by atoms with Gasteiger partial charge in [-0.3, -0.25) is 18.9 Å². The first kappa shape index (κ1) is 18.8. The van der Waals surface area contributed by atoms with Crippen LogP contribution in [0.4, 0.5) is 0 Å². The maximum Gasteiger partial charge on any atom is 0.367 e. The molecule has 0 aliphatic rings. The van der Waals surface area contributed by atoms with Gasteiger partial charge in [0.15, 0.2) is 5.16 Å². The molecular formula is C7H12O11P2. The van der Waals surface area contributed by atoms with Gasteiger partial charge in [0.25, 0.3) is 0 Å². The van der Waals surface area contributed by atoms with Gasteiger partial charge in [0.1, 0.15) is 0 Å². The summed E-state index contributed by atoms with van der Waals surface area (Å²) in [5, 5.41) is 14.4. The fraction of sp³-hybridized carbons (Fsp3) is 0.571. The summed E-state index contributed by atoms with van der Waals surface area (Å²) in [5.74, 6) is -5.27. The van der Waals surface area contributed by atoms with E-state index in [9.17, 15) is 23.5 Å². The zero-order valence-electron chi connectivity index (χ0n) is 9.75. The summed E-state index contributed by atoms with van der Waals surface area (Å²) in [6.45, 7) is 0. The lowest BCUT2D eigenvalue weighted by atomic mass is 9.98. The topological polar surface area (TPSA) is 196 Å². The smallest absolute Gasteiger partial charge is 0.367 e. The van der Waals surface area contributed by atoms with Crippen molar-refractivity contribution < 1.29 is 52.9 Å². The van der Waals surface area contributed by atoms with Gasteiger partial charge in [-0.05, 0) is 6.42 Å². The Labute approximate surface area is 112 Å². The fourth-order valence-electron chi connectivity index (χ4n) is 1.35. The van der Waals surface area contributed by atoms with E-state index in [2.05, 4.69) is 4.52 Å². The van der Waals surface area contributed by atoms with Gasteiger partial charge in [0.2, 0.25) is 0 Å². The number of hydrogen-bond donors (Lipinski definition) is 5. The van der Waals surface area contributed by atoms with E-state index in [1.807, 2.05) is 0 Å². The predicted octanol–water partition coefficient (Wildman–Crippen LogP) is -0.832. The first-order chi connectivity index (χ1) is 8.92. The number of carbonyl (C=O) groups is 3. The van der Waals surface area contributed by atoms with Crippen molar-refractivity contribution in [1.82, 2.24) is 0 Å². The second-order valence-electron chi connectivity index (χ2n) is 3.69. The van der Waals surface area contributed by atoms with Crippen molar-refractivity contribution >= 4 is 33.8 Å². The van der Waals surface area contributed by atoms with Crippen LogP contribution in [0.25, 0.3) is 0 Å². The van der Waals surface area contributed by atoms with Crippen LogP contribution in [0.15, 0.2) is 0 Å². The summed E-state index contributed by atoms with van der Waals surface area (Å²) >= 11 is 0. The zero-order chi connectivity index (χ0) is 16.1. The number of carboxylic acid groups (broad SMARTS) is 2. The van der Waals surface area contributed by atoms with Crippen LogP contribution in [0.5, 0.6) is 0 Å². The molecule has 2 unspecified atom stereocenters. The molecule has 0 amide bonds. The lowest BCUT2D eigenvalue weighted by molar-refractivity contribution is -0.148. The molecule has 5 N–H and O–H groups in total. The largest absolute Gasteiger partial charge is 0.481 e. The monoisotopic (exact) mass is 334 g/mol. The second-order valence-corrected chi connectivity index (χ2v) is 6.37. The van der Waals surface area contributed by atoms with Crippen LogP contribution in [0, 0.1) is 0 Å². The number of carboxylic acids is 2. The number of hydrogen-bond acceptors (Lipinski definition) is 6. The van der Waals surface area contributed by atoms with Crippen LogP contribution >= 0.6 is 15.9 Å². The van der Waals surface area contributed by atoms with Gasteiger partial charge in [0.05, 0.1) is 6.42 Å². The molecule has 0 bridgehead atoms. The zero-order valence-corrected chi connectivity index (χ0v) is 11.6. The van der Waals surface area contributed by atoms with Crippen LogP contribution in [0.1, 0.15) is 19.3 Å². The Kier molecular flexibility index (Phi) is 6.52. The summed E-state index contributed by atoms with van der Waals surface area (Å²) in [7, 11) is -9.06. The molecule has 11 nitrogen and oxygen atoms in total. The van der Waals surface area contributed by atoms with E-state index in [1.54, 1.807) is 0 Å². The van der Waals surface area contributed by atoms with Crippen molar-refractivity contribution in [2.75, 3.05) is 0 Å². The Balaban J connectivity index is 5.28. The Morgan fingerprint density at radius 2 is 1.70 bits per heavy atom. The van der Waals surface area contributed by atoms with E-state index in [1.165, 1.54) is 0 Å². The molecule has 0 aliphatic heterocycles. The molecule has 13 heteroatoms. The van der Waals surface area contributed by atoms with Gasteiger partial charge < -0.3 is 29.4 Å². The van der Waals surface area contributed by atoms with E-state index in [0.717, 1.165) is 0 Å². The van der Waals surface area contributed by atoms with Crippen LogP contribution in [-0.2, 0) is 28.0 Å². The van der Waals surface area contributed by atoms with Gasteiger partial charge in [-0.15, -0.1) is 0 Å². The van der Waals surface area contributed by atoms with E-state index < -0.39 is 58.2 Å². The van der Waals surface area contributed by atoms with Crippen molar-refractivity contribution in [2.24, 2.45) is 0 Å². The average Bonchev–Trinajstić information content (AvgIpc) is 2.20. The van der Waals surface area contributed by atoms with Crippen LogP contribution in [0.2, 0.25) is 0 Å². The number of carbonyl (C=O) groups excluding carboxylic acids is 1. The third kappa shape index (κ3) is 5.03. The lowest BCUT2D eigenvalue weighted by Crippen LogP contribution is -2.41. The highest BCUT2D eigenvalue weighted by Crippen LogP contribution is 2.55. The molecule has 0 saturated carbocycles. The normalized spacial score (nSPS) is 15.9. The lowest BCUT2D eigenvalue weighted by Gasteiger charge is -2.28. The van der Waals surface area contributed by atoms with Gasteiger partial charge in [0, 0.05) is 6.42 Å². The molecule has 0 radical (unpaired) electrons. The molecule has 0 saturated heterocycles. The van der Waals surface area contributed by atoms with Crippen molar-refractivity contribution in [1.29, 1.82) is 0 Å². The van der Waals surface area contributed by atoms with Crippen molar-refractivity contribution in [2.45, 2.75) is 24.4 Å². The quantitative estimate of drug-likeness (QED) is 0.347. The maximum absolute atomic E-state index is 11.3. The molecule has 0 heterocycles. The van der Waals surface area contributed by atoms with E-state index in [-0.39, 0.29) is 0 Å². The van der Waals surface area contributed by atoms with Crippen LogP contribution in [-0.4, -0.2) is 48.0 Å². The summed E-state index contributed by atoms with van der Waals surface area (Å²) in [5.41, 5.74) is 0. The Morgan fingerprint density at radius 3 is 2.00 bits per heavy atom. The molecule has 20 heavy (non-hydrogen) atoms. The predicted molar refractivity (Wildman–Crippen MR) is 61.2 cm³/mol. The summed E-state index contributed by atoms with van der Waals surface area (Å²) in [4.78, 5) is 59.0. The van der Waals surface area contributed by atoms with E-state index in [4.69, 9.17) is 24.9 Å². The number of aliphatic carboxylic acids is 2. The Morgan fingerprint density at radius 1 is 1.20 bits per heavy atom. The molecule has 0 aromatic carbocycles. The van der Waals surface area contributed by atoms with E-state index in [0.29, 0.717) is 0 Å². The molecule has 0 aromatic heterocycles. The summed E-state index contributed by atoms with van der Waals surface area (Å²) in [6, 6.07) is 0. The average molecular weight is 334 g/mol. The molecule has 0 rings (SSSR count). The first-order valence-electron chi connectivity index (χ1n) is 4.87. The number of rotatable bonds is 8. The van der Waals surface area contributed by atoms with Gasteiger partial charge in [-0.1, -0.05) is 0 Å². The summed E-state index contributed by atoms with van der Waals surface area (Å²) < 4.78 is 25.3. The third-order valence-electron chi connectivity index (χ3n) is 2.34. The Bertz CT molecular complexity index is 479. The molecular weight excluding hydrogens is 322 g/mol. The first-order valence-corrected chi connectivity index (χ1v) is 7.74. The summed E-state index contributed by atoms with van der Waals surface area (Å²) in [6.07, 6.45) is -3.43. The van der Waals surface area contributed by atoms with Crippen molar-refractivity contribution in [3.8, 4) is 0 Å². The highest BCUT2D eigenvalue weighted by atomic mass is 31.2. The van der Waals surface area contributed by atoms with Crippen LogP contribution in [0.3, 0.4) is 0 Å². The highest BCUT2D eigenvalue weighted by molar-refractivity contribution is 7.54. The van der Waals surface area contributed by atoms with Crippen LogP contribution < -0.4 is 0 Å². The molecule has 0 spiro atoms. The molecule has 2 atom stereocenters. The molecule has 116 valence electrons. The maximum atomic E-state index is 11.3. The SMILES string of the molecule is O=C(O)CC(CCC(=O)O[PH](=O)O)(C(=O)O)P(=O)(O)O. The van der Waals surface area contributed by atoms with E-state index >= 15 is 0 Å². The molecule has 0 fully saturated rings. The minimum atomic E-state index is -5.43. The minimum Gasteiger partial charge on any atom is -0.481 e. The van der Waals surface area contributed by atoms with Gasteiger partial charge >= 0.3 is 33.8 Å². The highest BCUT2D eigenvalue weighted by Gasteiger charge is 2.55.